The molecule has 0 amide bonds. The fourth-order valence-corrected chi connectivity index (χ4v) is 2.97. The molecule has 5 N–H and O–H groups in total. The van der Waals surface area contributed by atoms with Crippen molar-refractivity contribution in [3.8, 4) is 0 Å². The number of hydrogen-bond acceptors (Lipinski definition) is 4. The van der Waals surface area contributed by atoms with Gasteiger partial charge in [-0.2, -0.15) is 0 Å². The molecule has 1 heterocycles. The highest BCUT2D eigenvalue weighted by molar-refractivity contribution is 6.34. The molecule has 0 atom stereocenters. The molecule has 1 aromatic heterocycles. The minimum atomic E-state index is -0.263. The summed E-state index contributed by atoms with van der Waals surface area (Å²) in [5.41, 5.74) is 14.5. The van der Waals surface area contributed by atoms with Gasteiger partial charge in [0.25, 0.3) is 0 Å². The monoisotopic (exact) mass is 277 g/mol. The fraction of sp³-hybridized carbons (Fsp3) is 0. The van der Waals surface area contributed by atoms with Gasteiger partial charge in [0.15, 0.2) is 11.6 Å². The first-order valence-electron chi connectivity index (χ1n) is 6.47. The maximum absolute atomic E-state index is 12.7. The smallest absolute Gasteiger partial charge is 0.196 e. The van der Waals surface area contributed by atoms with Gasteiger partial charge in [0.05, 0.1) is 28.0 Å². The van der Waals surface area contributed by atoms with Crippen molar-refractivity contribution in [2.45, 2.75) is 0 Å². The lowest BCUT2D eigenvalue weighted by Crippen LogP contribution is -2.24. The summed E-state index contributed by atoms with van der Waals surface area (Å²) >= 11 is 0. The van der Waals surface area contributed by atoms with Crippen LogP contribution in [0.2, 0.25) is 0 Å². The summed E-state index contributed by atoms with van der Waals surface area (Å²) in [4.78, 5) is 28.4. The maximum Gasteiger partial charge on any atom is 0.196 e. The van der Waals surface area contributed by atoms with Crippen LogP contribution in [0.4, 0.5) is 11.4 Å². The predicted octanol–water partition coefficient (Wildman–Crippen LogP) is 2.11. The van der Waals surface area contributed by atoms with Gasteiger partial charge in [-0.15, -0.1) is 0 Å². The highest BCUT2D eigenvalue weighted by atomic mass is 16.1. The van der Waals surface area contributed by atoms with Crippen LogP contribution in [0.1, 0.15) is 31.8 Å². The molecule has 0 saturated carbocycles. The number of fused-ring (bicyclic) bond motifs is 3. The summed E-state index contributed by atoms with van der Waals surface area (Å²) in [7, 11) is 0. The lowest BCUT2D eigenvalue weighted by atomic mass is 9.81. The van der Waals surface area contributed by atoms with Crippen LogP contribution < -0.4 is 11.5 Å². The van der Waals surface area contributed by atoms with Gasteiger partial charge in [-0.1, -0.05) is 24.3 Å². The first-order valence-corrected chi connectivity index (χ1v) is 6.47. The Morgan fingerprint density at radius 2 is 1.38 bits per heavy atom. The van der Waals surface area contributed by atoms with Crippen molar-refractivity contribution in [1.29, 1.82) is 0 Å². The lowest BCUT2D eigenvalue weighted by Gasteiger charge is -2.21. The Labute approximate surface area is 119 Å². The molecule has 0 unspecified atom stereocenters. The molecule has 5 heteroatoms. The quantitative estimate of drug-likeness (QED) is 0.338. The number of rotatable bonds is 0. The van der Waals surface area contributed by atoms with E-state index in [1.54, 1.807) is 36.5 Å². The van der Waals surface area contributed by atoms with E-state index in [0.29, 0.717) is 27.7 Å². The van der Waals surface area contributed by atoms with Crippen LogP contribution in [0, 0.1) is 0 Å². The van der Waals surface area contributed by atoms with E-state index in [2.05, 4.69) is 4.98 Å². The van der Waals surface area contributed by atoms with Crippen LogP contribution in [-0.2, 0) is 0 Å². The molecule has 21 heavy (non-hydrogen) atoms. The molecular formula is C16H11N3O2. The first-order chi connectivity index (χ1) is 10.1. The molecule has 2 aromatic carbocycles. The van der Waals surface area contributed by atoms with Crippen molar-refractivity contribution in [2.75, 3.05) is 11.5 Å². The highest BCUT2D eigenvalue weighted by Gasteiger charge is 2.34. The summed E-state index contributed by atoms with van der Waals surface area (Å²) in [5.74, 6) is -0.520. The van der Waals surface area contributed by atoms with Crippen LogP contribution in [0.15, 0.2) is 36.5 Å². The van der Waals surface area contributed by atoms with Gasteiger partial charge in [0.2, 0.25) is 0 Å². The number of nitrogens with one attached hydrogen (secondary N) is 1. The van der Waals surface area contributed by atoms with Crippen molar-refractivity contribution in [3.05, 3.63) is 58.8 Å². The number of carbonyl (C=O) groups excluding carboxylic acids is 2. The summed E-state index contributed by atoms with van der Waals surface area (Å²) < 4.78 is 0. The Kier molecular flexibility index (Phi) is 2.08. The molecule has 5 nitrogen and oxygen atoms in total. The summed E-state index contributed by atoms with van der Waals surface area (Å²) in [5, 5.41) is 0.659. The second-order valence-corrected chi connectivity index (χ2v) is 5.05. The third-order valence-electron chi connectivity index (χ3n) is 3.97. The van der Waals surface area contributed by atoms with Crippen LogP contribution in [0.25, 0.3) is 10.9 Å². The van der Waals surface area contributed by atoms with Gasteiger partial charge in [-0.05, 0) is 6.07 Å². The number of aromatic nitrogens is 1. The zero-order valence-electron chi connectivity index (χ0n) is 10.9. The van der Waals surface area contributed by atoms with Crippen LogP contribution in [0.5, 0.6) is 0 Å². The van der Waals surface area contributed by atoms with E-state index >= 15 is 0 Å². The molecule has 3 aromatic rings. The van der Waals surface area contributed by atoms with Gasteiger partial charge < -0.3 is 16.5 Å². The molecule has 4 rings (SSSR count). The van der Waals surface area contributed by atoms with E-state index in [-0.39, 0.29) is 28.4 Å². The first kappa shape index (κ1) is 11.7. The number of anilines is 2. The number of aromatic amines is 1. The predicted molar refractivity (Wildman–Crippen MR) is 80.4 cm³/mol. The summed E-state index contributed by atoms with van der Waals surface area (Å²) in [6, 6.07) is 8.47. The molecule has 102 valence electrons. The topological polar surface area (TPSA) is 102 Å². The molecule has 1 aliphatic carbocycles. The minimum Gasteiger partial charge on any atom is -0.398 e. The zero-order chi connectivity index (χ0) is 14.7. The molecule has 0 aliphatic heterocycles. The van der Waals surface area contributed by atoms with Gasteiger partial charge in [-0.25, -0.2) is 0 Å². The van der Waals surface area contributed by atoms with Crippen LogP contribution >= 0.6 is 0 Å². The third kappa shape index (κ3) is 1.30. The molecule has 0 bridgehead atoms. The molecular weight excluding hydrogens is 266 g/mol. The summed E-state index contributed by atoms with van der Waals surface area (Å²) in [6.07, 6.45) is 1.69. The van der Waals surface area contributed by atoms with Crippen molar-refractivity contribution < 1.29 is 9.59 Å². The highest BCUT2D eigenvalue weighted by Crippen LogP contribution is 2.39. The second-order valence-electron chi connectivity index (χ2n) is 5.05. The Hall–Kier alpha value is -3.08. The minimum absolute atomic E-state index is 0.200. The van der Waals surface area contributed by atoms with Crippen LogP contribution in [0.3, 0.4) is 0 Å². The Bertz CT molecular complexity index is 879. The number of ketones is 2. The Morgan fingerprint density at radius 3 is 2.00 bits per heavy atom. The Balaban J connectivity index is 2.20. The lowest BCUT2D eigenvalue weighted by molar-refractivity contribution is 0.0980. The van der Waals surface area contributed by atoms with E-state index in [9.17, 15) is 9.59 Å². The number of benzene rings is 2. The normalized spacial score (nSPS) is 13.3. The molecule has 0 fully saturated rings. The van der Waals surface area contributed by atoms with Gasteiger partial charge in [0.1, 0.15) is 0 Å². The number of nitrogens with two attached hydrogens (primary N) is 2. The fourth-order valence-electron chi connectivity index (χ4n) is 2.97. The van der Waals surface area contributed by atoms with E-state index < -0.39 is 0 Å². The van der Waals surface area contributed by atoms with Gasteiger partial charge in [-0.3, -0.25) is 9.59 Å². The summed E-state index contributed by atoms with van der Waals surface area (Å²) in [6.45, 7) is 0. The average molecular weight is 277 g/mol. The molecule has 0 spiro atoms. The Morgan fingerprint density at radius 1 is 0.810 bits per heavy atom. The number of nitrogen functional groups attached to an aromatic ring is 2. The molecule has 0 radical (unpaired) electrons. The largest absolute Gasteiger partial charge is 0.398 e. The van der Waals surface area contributed by atoms with Gasteiger partial charge in [0, 0.05) is 22.7 Å². The molecule has 0 saturated heterocycles. The number of hydrogen-bond donors (Lipinski definition) is 3. The van der Waals surface area contributed by atoms with Gasteiger partial charge >= 0.3 is 0 Å². The zero-order valence-corrected chi connectivity index (χ0v) is 10.9. The maximum atomic E-state index is 12.7. The SMILES string of the molecule is Nc1c2c(c(N)c3[nH]ccc13)C(=O)c1ccccc1C2=O. The van der Waals surface area contributed by atoms with Crippen molar-refractivity contribution in [1.82, 2.24) is 4.98 Å². The average Bonchev–Trinajstić information content (AvgIpc) is 2.98. The van der Waals surface area contributed by atoms with Crippen molar-refractivity contribution >= 4 is 33.8 Å². The van der Waals surface area contributed by atoms with E-state index in [1.165, 1.54) is 0 Å². The standard InChI is InChI=1S/C16H11N3O2/c17-12-9-5-6-19-14(9)13(18)11-10(12)15(20)7-3-1-2-4-8(7)16(11)21/h1-6,19H,17-18H2. The van der Waals surface area contributed by atoms with E-state index in [1.807, 2.05) is 0 Å². The van der Waals surface area contributed by atoms with Crippen molar-refractivity contribution in [3.63, 3.8) is 0 Å². The third-order valence-corrected chi connectivity index (χ3v) is 3.97. The van der Waals surface area contributed by atoms with Crippen molar-refractivity contribution in [2.24, 2.45) is 0 Å². The second kappa shape index (κ2) is 3.73. The number of H-pyrrole nitrogens is 1. The van der Waals surface area contributed by atoms with E-state index in [0.717, 1.165) is 0 Å². The molecule has 1 aliphatic rings. The van der Waals surface area contributed by atoms with E-state index in [4.69, 9.17) is 11.5 Å². The van der Waals surface area contributed by atoms with Crippen LogP contribution in [-0.4, -0.2) is 16.6 Å². The number of carbonyl (C=O) groups is 2.